The molecule has 0 saturated carbocycles. The van der Waals surface area contributed by atoms with Crippen LogP contribution in [0.15, 0.2) is 4.42 Å². The van der Waals surface area contributed by atoms with Gasteiger partial charge in [-0.2, -0.15) is 0 Å². The highest BCUT2D eigenvalue weighted by molar-refractivity contribution is 5.93. The summed E-state index contributed by atoms with van der Waals surface area (Å²) >= 11 is 0. The minimum absolute atomic E-state index is 0.00880. The third-order valence-corrected chi connectivity index (χ3v) is 3.52. The van der Waals surface area contributed by atoms with Crippen molar-refractivity contribution in [3.63, 3.8) is 0 Å². The van der Waals surface area contributed by atoms with E-state index in [0.717, 1.165) is 38.8 Å². The quantitative estimate of drug-likeness (QED) is 0.848. The second kappa shape index (κ2) is 5.48. The number of piperidine rings is 1. The first-order chi connectivity index (χ1) is 8.66. The minimum atomic E-state index is -0.289. The molecule has 100 valence electrons. The average Bonchev–Trinajstić information content (AvgIpc) is 2.76. The summed E-state index contributed by atoms with van der Waals surface area (Å²) in [5, 5.41) is 13.6. The van der Waals surface area contributed by atoms with Gasteiger partial charge in [-0.1, -0.05) is 18.4 Å². The molecular weight excluding hydrogens is 232 g/mol. The van der Waals surface area contributed by atoms with Crippen LogP contribution in [0.1, 0.15) is 38.5 Å². The van der Waals surface area contributed by atoms with Crippen molar-refractivity contribution in [3.05, 3.63) is 5.89 Å². The van der Waals surface area contributed by atoms with Crippen molar-refractivity contribution >= 4 is 11.9 Å². The highest BCUT2D eigenvalue weighted by Crippen LogP contribution is 2.35. The van der Waals surface area contributed by atoms with Gasteiger partial charge in [0.25, 0.3) is 0 Å². The Morgan fingerprint density at radius 2 is 2.17 bits per heavy atom. The third-order valence-electron chi connectivity index (χ3n) is 3.52. The number of carbonyl (C=O) groups is 1. The second-order valence-corrected chi connectivity index (χ2v) is 4.86. The Balaban J connectivity index is 2.08. The predicted octanol–water partition coefficient (Wildman–Crippen LogP) is 1.49. The number of nitrogens with zero attached hydrogens (tertiary/aromatic N) is 2. The van der Waals surface area contributed by atoms with Gasteiger partial charge < -0.3 is 9.73 Å². The third kappa shape index (κ3) is 2.69. The highest BCUT2D eigenvalue weighted by Gasteiger charge is 2.39. The van der Waals surface area contributed by atoms with Crippen LogP contribution in [0.3, 0.4) is 0 Å². The van der Waals surface area contributed by atoms with Crippen molar-refractivity contribution < 1.29 is 9.21 Å². The Labute approximate surface area is 107 Å². The van der Waals surface area contributed by atoms with E-state index < -0.39 is 0 Å². The van der Waals surface area contributed by atoms with E-state index in [1.807, 2.05) is 0 Å². The molecule has 0 radical (unpaired) electrons. The van der Waals surface area contributed by atoms with Crippen molar-refractivity contribution in [2.75, 3.05) is 18.4 Å². The second-order valence-electron chi connectivity index (χ2n) is 4.86. The lowest BCUT2D eigenvalue weighted by Crippen LogP contribution is -2.44. The molecule has 2 rings (SSSR count). The van der Waals surface area contributed by atoms with Gasteiger partial charge >= 0.3 is 6.01 Å². The summed E-state index contributed by atoms with van der Waals surface area (Å²) < 4.78 is 5.20. The van der Waals surface area contributed by atoms with E-state index in [2.05, 4.69) is 27.8 Å². The summed E-state index contributed by atoms with van der Waals surface area (Å²) in [6.45, 7) is 5.58. The normalized spacial score (nSPS) is 18.6. The van der Waals surface area contributed by atoms with E-state index in [4.69, 9.17) is 4.42 Å². The molecule has 2 heterocycles. The van der Waals surface area contributed by atoms with Crippen molar-refractivity contribution in [1.29, 1.82) is 0 Å². The van der Waals surface area contributed by atoms with Crippen LogP contribution in [-0.4, -0.2) is 29.2 Å². The Hall–Kier alpha value is -1.43. The van der Waals surface area contributed by atoms with Crippen molar-refractivity contribution in [1.82, 2.24) is 15.5 Å². The summed E-state index contributed by atoms with van der Waals surface area (Å²) in [6, 6.07) is 0.200. The number of anilines is 1. The summed E-state index contributed by atoms with van der Waals surface area (Å²) in [4.78, 5) is 12.4. The topological polar surface area (TPSA) is 80.1 Å². The van der Waals surface area contributed by atoms with Gasteiger partial charge in [-0.3, -0.25) is 10.1 Å². The number of rotatable bonds is 4. The van der Waals surface area contributed by atoms with Gasteiger partial charge in [0.05, 0.1) is 5.41 Å². The van der Waals surface area contributed by atoms with Gasteiger partial charge in [0.2, 0.25) is 11.8 Å². The Morgan fingerprint density at radius 3 is 2.72 bits per heavy atom. The van der Waals surface area contributed by atoms with E-state index in [-0.39, 0.29) is 17.3 Å². The maximum absolute atomic E-state index is 12.4. The summed E-state index contributed by atoms with van der Waals surface area (Å²) in [7, 11) is 0. The van der Waals surface area contributed by atoms with E-state index in [9.17, 15) is 4.79 Å². The van der Waals surface area contributed by atoms with Crippen LogP contribution in [0.5, 0.6) is 0 Å². The molecule has 1 aliphatic rings. The molecule has 1 fully saturated rings. The molecule has 1 amide bonds. The van der Waals surface area contributed by atoms with E-state index >= 15 is 0 Å². The summed E-state index contributed by atoms with van der Waals surface area (Å²) in [6.07, 6.45) is 3.61. The molecule has 18 heavy (non-hydrogen) atoms. The molecule has 2 N–H and O–H groups in total. The van der Waals surface area contributed by atoms with Crippen LogP contribution in [0.4, 0.5) is 6.01 Å². The molecule has 6 heteroatoms. The van der Waals surface area contributed by atoms with E-state index in [1.165, 1.54) is 0 Å². The first-order valence-electron chi connectivity index (χ1n) is 6.48. The summed E-state index contributed by atoms with van der Waals surface area (Å²) in [5.74, 6) is 0.467. The van der Waals surface area contributed by atoms with Gasteiger partial charge in [0, 0.05) is 6.92 Å². The molecule has 0 aliphatic carbocycles. The Kier molecular flexibility index (Phi) is 3.96. The maximum Gasteiger partial charge on any atom is 0.322 e. The molecule has 0 bridgehead atoms. The van der Waals surface area contributed by atoms with Gasteiger partial charge in [0.15, 0.2) is 0 Å². The number of aromatic nitrogens is 2. The Morgan fingerprint density at radius 1 is 1.44 bits per heavy atom. The van der Waals surface area contributed by atoms with Crippen LogP contribution in [0.25, 0.3) is 0 Å². The van der Waals surface area contributed by atoms with Crippen LogP contribution in [0, 0.1) is 12.3 Å². The highest BCUT2D eigenvalue weighted by atomic mass is 16.4. The molecule has 1 saturated heterocycles. The predicted molar refractivity (Wildman–Crippen MR) is 67.1 cm³/mol. The fraction of sp³-hybridized carbons (Fsp3) is 0.750. The fourth-order valence-electron chi connectivity index (χ4n) is 2.55. The maximum atomic E-state index is 12.4. The number of hydrogen-bond acceptors (Lipinski definition) is 5. The standard InChI is InChI=1S/C12H20N4O2/c1-3-4-12(5-7-13-8-6-12)10(17)14-11-16-15-9(2)18-11/h13H,3-8H2,1-2H3,(H,14,16,17). The molecule has 0 unspecified atom stereocenters. The molecule has 1 aliphatic heterocycles. The monoisotopic (exact) mass is 252 g/mol. The Bertz CT molecular complexity index is 404. The number of hydrogen-bond donors (Lipinski definition) is 2. The number of aryl methyl sites for hydroxylation is 1. The van der Waals surface area contributed by atoms with Gasteiger partial charge in [-0.05, 0) is 32.4 Å². The average molecular weight is 252 g/mol. The minimum Gasteiger partial charge on any atom is -0.408 e. The van der Waals surface area contributed by atoms with Crippen LogP contribution >= 0.6 is 0 Å². The molecule has 6 nitrogen and oxygen atoms in total. The first-order valence-corrected chi connectivity index (χ1v) is 6.48. The number of carbonyl (C=O) groups excluding carboxylic acids is 1. The lowest BCUT2D eigenvalue weighted by molar-refractivity contribution is -0.127. The van der Waals surface area contributed by atoms with E-state index in [1.54, 1.807) is 6.92 Å². The van der Waals surface area contributed by atoms with Gasteiger partial charge in [-0.15, -0.1) is 5.10 Å². The van der Waals surface area contributed by atoms with Crippen molar-refractivity contribution in [2.45, 2.75) is 39.5 Å². The molecule has 0 spiro atoms. The molecular formula is C12H20N4O2. The fourth-order valence-corrected chi connectivity index (χ4v) is 2.55. The zero-order chi connectivity index (χ0) is 13.0. The van der Waals surface area contributed by atoms with Gasteiger partial charge in [-0.25, -0.2) is 0 Å². The number of nitrogens with one attached hydrogen (secondary N) is 2. The lowest BCUT2D eigenvalue weighted by atomic mass is 9.74. The first kappa shape index (κ1) is 13.0. The lowest BCUT2D eigenvalue weighted by Gasteiger charge is -2.35. The molecule has 1 aromatic heterocycles. The SMILES string of the molecule is CCCC1(C(=O)Nc2nnc(C)o2)CCNCC1. The molecule has 0 atom stereocenters. The smallest absolute Gasteiger partial charge is 0.322 e. The van der Waals surface area contributed by atoms with Crippen LogP contribution < -0.4 is 10.6 Å². The van der Waals surface area contributed by atoms with Gasteiger partial charge in [0.1, 0.15) is 0 Å². The largest absolute Gasteiger partial charge is 0.408 e. The number of amides is 1. The van der Waals surface area contributed by atoms with Crippen LogP contribution in [0.2, 0.25) is 0 Å². The van der Waals surface area contributed by atoms with Crippen molar-refractivity contribution in [2.24, 2.45) is 5.41 Å². The van der Waals surface area contributed by atoms with Crippen molar-refractivity contribution in [3.8, 4) is 0 Å². The van der Waals surface area contributed by atoms with E-state index in [0.29, 0.717) is 5.89 Å². The van der Waals surface area contributed by atoms with Crippen LogP contribution in [-0.2, 0) is 4.79 Å². The zero-order valence-electron chi connectivity index (χ0n) is 11.0. The molecule has 1 aromatic rings. The zero-order valence-corrected chi connectivity index (χ0v) is 11.0. The summed E-state index contributed by atoms with van der Waals surface area (Å²) in [5.41, 5.74) is -0.289. The molecule has 0 aromatic carbocycles.